The molecule has 1 atom stereocenters. The molecule has 0 aliphatic carbocycles. The molecule has 0 aromatic heterocycles. The summed E-state index contributed by atoms with van der Waals surface area (Å²) in [6.45, 7) is 0.958. The van der Waals surface area contributed by atoms with Gasteiger partial charge in [-0.2, -0.15) is 0 Å². The third-order valence-electron chi connectivity index (χ3n) is 6.04. The number of nitrogens with zero attached hydrogens (tertiary/aromatic N) is 1. The van der Waals surface area contributed by atoms with Crippen molar-refractivity contribution in [3.63, 3.8) is 0 Å². The number of rotatable bonds is 5. The number of amides is 1. The van der Waals surface area contributed by atoms with E-state index < -0.39 is 23.5 Å². The first-order chi connectivity index (χ1) is 16.5. The number of hydrogen-bond donors (Lipinski definition) is 1. The van der Waals surface area contributed by atoms with E-state index in [4.69, 9.17) is 9.47 Å². The van der Waals surface area contributed by atoms with Gasteiger partial charge < -0.3 is 19.5 Å². The lowest BCUT2D eigenvalue weighted by molar-refractivity contribution is -0.139. The lowest BCUT2D eigenvalue weighted by Gasteiger charge is -2.26. The van der Waals surface area contributed by atoms with Crippen LogP contribution in [0.25, 0.3) is 5.76 Å². The summed E-state index contributed by atoms with van der Waals surface area (Å²) in [6, 6.07) is 19.2. The summed E-state index contributed by atoms with van der Waals surface area (Å²) >= 11 is 0. The van der Waals surface area contributed by atoms with Crippen LogP contribution >= 0.6 is 0 Å². The Morgan fingerprint density at radius 2 is 1.65 bits per heavy atom. The van der Waals surface area contributed by atoms with Gasteiger partial charge in [-0.15, -0.1) is 0 Å². The summed E-state index contributed by atoms with van der Waals surface area (Å²) in [5.41, 5.74) is 1.25. The Bertz CT molecular complexity index is 1290. The molecule has 1 N–H and O–H groups in total. The van der Waals surface area contributed by atoms with Crippen LogP contribution < -0.4 is 9.47 Å². The lowest BCUT2D eigenvalue weighted by atomic mass is 9.94. The fourth-order valence-corrected chi connectivity index (χ4v) is 4.37. The van der Waals surface area contributed by atoms with Crippen molar-refractivity contribution in [2.45, 2.75) is 12.5 Å². The van der Waals surface area contributed by atoms with Crippen LogP contribution in [0, 0.1) is 5.82 Å². The van der Waals surface area contributed by atoms with Gasteiger partial charge in [0.1, 0.15) is 24.8 Å². The zero-order chi connectivity index (χ0) is 23.7. The van der Waals surface area contributed by atoms with Crippen LogP contribution in [0.2, 0.25) is 0 Å². The van der Waals surface area contributed by atoms with Gasteiger partial charge in [0.15, 0.2) is 11.5 Å². The predicted molar refractivity (Wildman–Crippen MR) is 123 cm³/mol. The minimum absolute atomic E-state index is 0.147. The number of benzene rings is 3. The molecule has 34 heavy (non-hydrogen) atoms. The van der Waals surface area contributed by atoms with Gasteiger partial charge in [0.2, 0.25) is 0 Å². The SMILES string of the molecule is O=C1C(=O)N(CCc2ccccc2)C(c2ccccc2F)/C1=C(/O)c1ccc2c(c1)OCCO2. The topological polar surface area (TPSA) is 76.1 Å². The second-order valence-electron chi connectivity index (χ2n) is 8.11. The van der Waals surface area contributed by atoms with E-state index in [1.807, 2.05) is 30.3 Å². The van der Waals surface area contributed by atoms with Crippen LogP contribution in [0.1, 0.15) is 22.7 Å². The number of carbonyl (C=O) groups is 2. The zero-order valence-corrected chi connectivity index (χ0v) is 18.2. The maximum absolute atomic E-state index is 14.9. The highest BCUT2D eigenvalue weighted by Crippen LogP contribution is 2.41. The summed E-state index contributed by atoms with van der Waals surface area (Å²) in [5.74, 6) is -1.62. The highest BCUT2D eigenvalue weighted by molar-refractivity contribution is 6.46. The average molecular weight is 459 g/mol. The molecule has 0 bridgehead atoms. The van der Waals surface area contributed by atoms with E-state index in [1.165, 1.54) is 23.1 Å². The summed E-state index contributed by atoms with van der Waals surface area (Å²) in [4.78, 5) is 27.5. The van der Waals surface area contributed by atoms with E-state index in [0.717, 1.165) is 5.56 Å². The number of aliphatic hydroxyl groups is 1. The first-order valence-electron chi connectivity index (χ1n) is 11.0. The zero-order valence-electron chi connectivity index (χ0n) is 18.2. The molecule has 2 aliphatic rings. The van der Waals surface area contributed by atoms with Crippen molar-refractivity contribution in [2.24, 2.45) is 0 Å². The molecule has 6 nitrogen and oxygen atoms in total. The summed E-state index contributed by atoms with van der Waals surface area (Å²) in [7, 11) is 0. The fraction of sp³-hybridized carbons (Fsp3) is 0.185. The molecular formula is C27H22FNO5. The summed E-state index contributed by atoms with van der Waals surface area (Å²) < 4.78 is 26.0. The minimum atomic E-state index is -1.06. The van der Waals surface area contributed by atoms with E-state index >= 15 is 0 Å². The van der Waals surface area contributed by atoms with Crippen LogP contribution in [0.4, 0.5) is 4.39 Å². The molecule has 2 heterocycles. The van der Waals surface area contributed by atoms with E-state index in [9.17, 15) is 19.1 Å². The first kappa shape index (κ1) is 21.7. The van der Waals surface area contributed by atoms with Gasteiger partial charge in [0.25, 0.3) is 11.7 Å². The Kier molecular flexibility index (Phi) is 5.76. The van der Waals surface area contributed by atoms with E-state index in [1.54, 1.807) is 24.3 Å². The summed E-state index contributed by atoms with van der Waals surface area (Å²) in [6.07, 6.45) is 0.475. The number of aliphatic hydroxyl groups excluding tert-OH is 1. The van der Waals surface area contributed by atoms with Crippen LogP contribution in [0.15, 0.2) is 78.4 Å². The largest absolute Gasteiger partial charge is 0.507 e. The van der Waals surface area contributed by atoms with Gasteiger partial charge in [0, 0.05) is 17.7 Å². The molecule has 0 saturated carbocycles. The number of Topliss-reactive ketones (excluding diaryl/α,β-unsaturated/α-hetero) is 1. The Labute approximate surface area is 195 Å². The van der Waals surface area contributed by atoms with Gasteiger partial charge in [-0.05, 0) is 36.2 Å². The van der Waals surface area contributed by atoms with Crippen molar-refractivity contribution in [3.05, 3.63) is 101 Å². The molecule has 3 aromatic carbocycles. The molecule has 2 aliphatic heterocycles. The second kappa shape index (κ2) is 9.02. The molecule has 0 radical (unpaired) electrons. The summed E-state index contributed by atoms with van der Waals surface area (Å²) in [5, 5.41) is 11.2. The van der Waals surface area contributed by atoms with E-state index in [2.05, 4.69) is 0 Å². The van der Waals surface area contributed by atoms with Gasteiger partial charge in [-0.1, -0.05) is 48.5 Å². The van der Waals surface area contributed by atoms with Crippen molar-refractivity contribution >= 4 is 17.4 Å². The maximum atomic E-state index is 14.9. The highest BCUT2D eigenvalue weighted by Gasteiger charge is 2.46. The molecule has 1 amide bonds. The van der Waals surface area contributed by atoms with Gasteiger partial charge in [0.05, 0.1) is 11.6 Å². The average Bonchev–Trinajstić information content (AvgIpc) is 3.12. The number of ether oxygens (including phenoxy) is 2. The molecular weight excluding hydrogens is 437 g/mol. The first-order valence-corrected chi connectivity index (χ1v) is 11.0. The molecule has 0 spiro atoms. The molecule has 7 heteroatoms. The Balaban J connectivity index is 1.59. The third-order valence-corrected chi connectivity index (χ3v) is 6.04. The highest BCUT2D eigenvalue weighted by atomic mass is 19.1. The van der Waals surface area contributed by atoms with Crippen molar-refractivity contribution < 1.29 is 28.6 Å². The van der Waals surface area contributed by atoms with Gasteiger partial charge >= 0.3 is 0 Å². The Hall–Kier alpha value is -4.13. The molecule has 1 fully saturated rings. The molecule has 1 unspecified atom stereocenters. The fourth-order valence-electron chi connectivity index (χ4n) is 4.37. The van der Waals surface area contributed by atoms with Gasteiger partial charge in [-0.3, -0.25) is 9.59 Å². The normalized spacial score (nSPS) is 18.9. The Morgan fingerprint density at radius 1 is 0.941 bits per heavy atom. The third kappa shape index (κ3) is 3.90. The van der Waals surface area contributed by atoms with E-state index in [0.29, 0.717) is 31.1 Å². The standard InChI is InChI=1S/C27H22FNO5/c28-20-9-5-4-8-19(20)24-23(25(30)18-10-11-21-22(16-18)34-15-14-33-21)26(31)27(32)29(24)13-12-17-6-2-1-3-7-17/h1-11,16,24,30H,12-15H2/b25-23-. The minimum Gasteiger partial charge on any atom is -0.507 e. The maximum Gasteiger partial charge on any atom is 0.295 e. The number of hydrogen-bond acceptors (Lipinski definition) is 5. The molecule has 172 valence electrons. The number of carbonyl (C=O) groups excluding carboxylic acids is 2. The number of fused-ring (bicyclic) bond motifs is 1. The molecule has 3 aromatic rings. The molecule has 1 saturated heterocycles. The number of ketones is 1. The van der Waals surface area contributed by atoms with Crippen molar-refractivity contribution in [3.8, 4) is 11.5 Å². The predicted octanol–water partition coefficient (Wildman–Crippen LogP) is 4.26. The van der Waals surface area contributed by atoms with E-state index in [-0.39, 0.29) is 29.0 Å². The monoisotopic (exact) mass is 459 g/mol. The van der Waals surface area contributed by atoms with Crippen LogP contribution in [0.5, 0.6) is 11.5 Å². The van der Waals surface area contributed by atoms with Crippen molar-refractivity contribution in [2.75, 3.05) is 19.8 Å². The van der Waals surface area contributed by atoms with Gasteiger partial charge in [-0.25, -0.2) is 4.39 Å². The smallest absolute Gasteiger partial charge is 0.295 e. The lowest BCUT2D eigenvalue weighted by Crippen LogP contribution is -2.32. The van der Waals surface area contributed by atoms with Crippen molar-refractivity contribution in [1.82, 2.24) is 4.90 Å². The Morgan fingerprint density at radius 3 is 2.41 bits per heavy atom. The number of halogens is 1. The van der Waals surface area contributed by atoms with Crippen LogP contribution in [-0.2, 0) is 16.0 Å². The van der Waals surface area contributed by atoms with Crippen molar-refractivity contribution in [1.29, 1.82) is 0 Å². The molecule has 5 rings (SSSR count). The van der Waals surface area contributed by atoms with Crippen LogP contribution in [0.3, 0.4) is 0 Å². The van der Waals surface area contributed by atoms with Crippen LogP contribution in [-0.4, -0.2) is 41.5 Å². The number of likely N-dealkylation sites (tertiary alicyclic amines) is 1. The quantitative estimate of drug-likeness (QED) is 0.351. The second-order valence-corrected chi connectivity index (χ2v) is 8.11.